The molecular formula is C16H18ClFN2O. The lowest BCUT2D eigenvalue weighted by Gasteiger charge is -2.34. The molecule has 0 radical (unpaired) electrons. The fourth-order valence-corrected chi connectivity index (χ4v) is 3.12. The SMILES string of the molecule is CCOC1CCCN(c2ccc3c(Cl)ccnc3c2F)C1. The van der Waals surface area contributed by atoms with Crippen LogP contribution in [0.15, 0.2) is 24.4 Å². The van der Waals surface area contributed by atoms with Crippen LogP contribution in [0.3, 0.4) is 0 Å². The number of pyridine rings is 1. The normalized spacial score (nSPS) is 19.2. The quantitative estimate of drug-likeness (QED) is 0.856. The van der Waals surface area contributed by atoms with E-state index in [0.29, 0.717) is 28.2 Å². The number of hydrogen-bond acceptors (Lipinski definition) is 3. The van der Waals surface area contributed by atoms with Crippen LogP contribution < -0.4 is 4.90 Å². The summed E-state index contributed by atoms with van der Waals surface area (Å²) in [7, 11) is 0. The summed E-state index contributed by atoms with van der Waals surface area (Å²) in [5.41, 5.74) is 0.917. The highest BCUT2D eigenvalue weighted by Gasteiger charge is 2.23. The summed E-state index contributed by atoms with van der Waals surface area (Å²) in [6.45, 7) is 4.24. The first-order valence-electron chi connectivity index (χ1n) is 7.30. The predicted molar refractivity (Wildman–Crippen MR) is 83.6 cm³/mol. The van der Waals surface area contributed by atoms with E-state index in [-0.39, 0.29) is 11.9 Å². The van der Waals surface area contributed by atoms with E-state index in [2.05, 4.69) is 4.98 Å². The molecule has 1 atom stereocenters. The molecule has 0 aliphatic carbocycles. The van der Waals surface area contributed by atoms with E-state index in [1.54, 1.807) is 12.1 Å². The van der Waals surface area contributed by atoms with Crippen LogP contribution in [0.5, 0.6) is 0 Å². The van der Waals surface area contributed by atoms with Gasteiger partial charge in [0.2, 0.25) is 0 Å². The molecule has 3 nitrogen and oxygen atoms in total. The van der Waals surface area contributed by atoms with E-state index in [4.69, 9.17) is 16.3 Å². The third-order valence-corrected chi connectivity index (χ3v) is 4.23. The maximum atomic E-state index is 14.7. The third-order valence-electron chi connectivity index (χ3n) is 3.90. The van der Waals surface area contributed by atoms with Crippen LogP contribution in [0, 0.1) is 5.82 Å². The fourth-order valence-electron chi connectivity index (χ4n) is 2.91. The van der Waals surface area contributed by atoms with Crippen molar-refractivity contribution in [1.82, 2.24) is 4.98 Å². The molecule has 0 amide bonds. The third kappa shape index (κ3) is 2.83. The van der Waals surface area contributed by atoms with Gasteiger partial charge in [0.05, 0.1) is 16.8 Å². The number of halogens is 2. The highest BCUT2D eigenvalue weighted by Crippen LogP contribution is 2.31. The number of fused-ring (bicyclic) bond motifs is 1. The largest absolute Gasteiger partial charge is 0.377 e. The second-order valence-electron chi connectivity index (χ2n) is 5.25. The van der Waals surface area contributed by atoms with E-state index in [0.717, 1.165) is 25.9 Å². The van der Waals surface area contributed by atoms with Crippen LogP contribution in [0.4, 0.5) is 10.1 Å². The Kier molecular flexibility index (Phi) is 4.27. The molecule has 1 aliphatic rings. The fraction of sp³-hybridized carbons (Fsp3) is 0.438. The van der Waals surface area contributed by atoms with E-state index < -0.39 is 0 Å². The van der Waals surface area contributed by atoms with Crippen molar-refractivity contribution in [3.63, 3.8) is 0 Å². The first-order chi connectivity index (χ1) is 10.2. The molecule has 1 aromatic carbocycles. The van der Waals surface area contributed by atoms with Crippen molar-refractivity contribution in [2.24, 2.45) is 0 Å². The second kappa shape index (κ2) is 6.16. The van der Waals surface area contributed by atoms with E-state index in [9.17, 15) is 4.39 Å². The average molecular weight is 309 g/mol. The number of rotatable bonds is 3. The monoisotopic (exact) mass is 308 g/mol. The van der Waals surface area contributed by atoms with Gasteiger partial charge in [0.1, 0.15) is 5.52 Å². The van der Waals surface area contributed by atoms with Crippen LogP contribution >= 0.6 is 11.6 Å². The number of benzene rings is 1. The van der Waals surface area contributed by atoms with Crippen molar-refractivity contribution in [3.05, 3.63) is 35.2 Å². The minimum absolute atomic E-state index is 0.172. The maximum Gasteiger partial charge on any atom is 0.172 e. The minimum atomic E-state index is -0.299. The summed E-state index contributed by atoms with van der Waals surface area (Å²) in [6, 6.07) is 5.31. The molecule has 2 heterocycles. The Hall–Kier alpha value is -1.39. The van der Waals surface area contributed by atoms with Gasteiger partial charge in [-0.1, -0.05) is 11.6 Å². The van der Waals surface area contributed by atoms with Crippen molar-refractivity contribution < 1.29 is 9.13 Å². The standard InChI is InChI=1S/C16H18ClFN2O/c1-2-21-11-4-3-9-20(10-11)14-6-5-12-13(17)7-8-19-16(12)15(14)18/h5-8,11H,2-4,9-10H2,1H3. The van der Waals surface area contributed by atoms with Gasteiger partial charge in [-0.15, -0.1) is 0 Å². The summed E-state index contributed by atoms with van der Waals surface area (Å²) in [4.78, 5) is 6.18. The van der Waals surface area contributed by atoms with Gasteiger partial charge in [0, 0.05) is 31.3 Å². The molecule has 3 rings (SSSR count). The second-order valence-corrected chi connectivity index (χ2v) is 5.66. The smallest absolute Gasteiger partial charge is 0.172 e. The topological polar surface area (TPSA) is 25.4 Å². The van der Waals surface area contributed by atoms with Gasteiger partial charge in [-0.3, -0.25) is 4.98 Å². The molecule has 0 N–H and O–H groups in total. The summed E-state index contributed by atoms with van der Waals surface area (Å²) in [5, 5.41) is 1.18. The molecular weight excluding hydrogens is 291 g/mol. The van der Waals surface area contributed by atoms with Gasteiger partial charge >= 0.3 is 0 Å². The first-order valence-corrected chi connectivity index (χ1v) is 7.67. The van der Waals surface area contributed by atoms with Crippen molar-refractivity contribution >= 4 is 28.2 Å². The lowest BCUT2D eigenvalue weighted by Crippen LogP contribution is -2.40. The van der Waals surface area contributed by atoms with Crippen molar-refractivity contribution in [2.45, 2.75) is 25.9 Å². The number of anilines is 1. The number of nitrogens with zero attached hydrogens (tertiary/aromatic N) is 2. The summed E-state index contributed by atoms with van der Waals surface area (Å²) >= 11 is 6.09. The van der Waals surface area contributed by atoms with Gasteiger partial charge < -0.3 is 9.64 Å². The molecule has 1 fully saturated rings. The number of ether oxygens (including phenoxy) is 1. The van der Waals surface area contributed by atoms with Crippen molar-refractivity contribution in [2.75, 3.05) is 24.6 Å². The summed E-state index contributed by atoms with van der Waals surface area (Å²) in [5.74, 6) is -0.299. The van der Waals surface area contributed by atoms with E-state index in [1.807, 2.05) is 17.9 Å². The zero-order valence-electron chi connectivity index (χ0n) is 12.0. The molecule has 1 aromatic heterocycles. The Morgan fingerprint density at radius 3 is 3.10 bits per heavy atom. The summed E-state index contributed by atoms with van der Waals surface area (Å²) in [6.07, 6.45) is 3.75. The van der Waals surface area contributed by atoms with Crippen LogP contribution in [0.2, 0.25) is 5.02 Å². The molecule has 0 saturated carbocycles. The highest BCUT2D eigenvalue weighted by atomic mass is 35.5. The van der Waals surface area contributed by atoms with E-state index >= 15 is 0 Å². The van der Waals surface area contributed by atoms with Gasteiger partial charge in [0.15, 0.2) is 5.82 Å². The predicted octanol–water partition coefficient (Wildman–Crippen LogP) is 4.03. The van der Waals surface area contributed by atoms with Crippen LogP contribution in [0.25, 0.3) is 10.9 Å². The number of aromatic nitrogens is 1. The molecule has 1 unspecified atom stereocenters. The van der Waals surface area contributed by atoms with Gasteiger partial charge in [-0.2, -0.15) is 0 Å². The Balaban J connectivity index is 1.95. The van der Waals surface area contributed by atoms with Crippen LogP contribution in [-0.2, 0) is 4.74 Å². The lowest BCUT2D eigenvalue weighted by molar-refractivity contribution is 0.0525. The Morgan fingerprint density at radius 2 is 2.29 bits per heavy atom. The molecule has 0 bridgehead atoms. The average Bonchev–Trinajstić information content (AvgIpc) is 2.49. The highest BCUT2D eigenvalue weighted by molar-refractivity contribution is 6.35. The van der Waals surface area contributed by atoms with Crippen LogP contribution in [-0.4, -0.2) is 30.8 Å². The molecule has 112 valence electrons. The Bertz CT molecular complexity index is 647. The van der Waals surface area contributed by atoms with Crippen molar-refractivity contribution in [1.29, 1.82) is 0 Å². The number of piperidine rings is 1. The molecule has 21 heavy (non-hydrogen) atoms. The molecule has 1 aliphatic heterocycles. The molecule has 5 heteroatoms. The van der Waals surface area contributed by atoms with Gasteiger partial charge in [-0.25, -0.2) is 4.39 Å². The summed E-state index contributed by atoms with van der Waals surface area (Å²) < 4.78 is 20.4. The molecule has 1 saturated heterocycles. The molecule has 0 spiro atoms. The molecule has 2 aromatic rings. The van der Waals surface area contributed by atoms with Crippen molar-refractivity contribution in [3.8, 4) is 0 Å². The van der Waals surface area contributed by atoms with E-state index in [1.165, 1.54) is 6.20 Å². The Labute approximate surface area is 128 Å². The van der Waals surface area contributed by atoms with Gasteiger partial charge in [0.25, 0.3) is 0 Å². The first kappa shape index (κ1) is 14.5. The zero-order valence-corrected chi connectivity index (χ0v) is 12.7. The lowest BCUT2D eigenvalue weighted by atomic mass is 10.1. The zero-order chi connectivity index (χ0) is 14.8. The maximum absolute atomic E-state index is 14.7. The van der Waals surface area contributed by atoms with Crippen LogP contribution in [0.1, 0.15) is 19.8 Å². The Morgan fingerprint density at radius 1 is 1.43 bits per heavy atom. The minimum Gasteiger partial charge on any atom is -0.377 e. The van der Waals surface area contributed by atoms with Gasteiger partial charge in [-0.05, 0) is 38.0 Å². The number of hydrogen-bond donors (Lipinski definition) is 0.